The predicted molar refractivity (Wildman–Crippen MR) is 146 cm³/mol. The van der Waals surface area contributed by atoms with E-state index in [1.165, 1.54) is 32.4 Å². The molecule has 0 unspecified atom stereocenters. The highest BCUT2D eigenvalue weighted by Crippen LogP contribution is 2.29. The number of rotatable bonds is 7. The fourth-order valence-corrected chi connectivity index (χ4v) is 4.35. The molecule has 4 heterocycles. The van der Waals surface area contributed by atoms with Gasteiger partial charge in [0.1, 0.15) is 11.5 Å². The molecule has 0 aliphatic carbocycles. The van der Waals surface area contributed by atoms with Gasteiger partial charge in [-0.15, -0.1) is 0 Å². The minimum atomic E-state index is -0.622. The van der Waals surface area contributed by atoms with Crippen molar-refractivity contribution in [3.05, 3.63) is 89.9 Å². The highest BCUT2D eigenvalue weighted by Gasteiger charge is 2.22. The van der Waals surface area contributed by atoms with Crippen molar-refractivity contribution >= 4 is 29.2 Å². The molecule has 0 saturated carbocycles. The summed E-state index contributed by atoms with van der Waals surface area (Å²) in [6, 6.07) is 9.50. The van der Waals surface area contributed by atoms with Crippen molar-refractivity contribution in [2.75, 3.05) is 24.4 Å². The van der Waals surface area contributed by atoms with Crippen LogP contribution in [-0.4, -0.2) is 50.4 Å². The number of methoxy groups -OCH3 is 2. The number of aryl methyl sites for hydroxylation is 2. The molecule has 11 nitrogen and oxygen atoms in total. The van der Waals surface area contributed by atoms with Crippen molar-refractivity contribution < 1.29 is 23.5 Å². The number of anilines is 2. The first-order valence-corrected chi connectivity index (χ1v) is 12.2. The Kier molecular flexibility index (Phi) is 7.15. The van der Waals surface area contributed by atoms with Crippen LogP contribution in [0.2, 0.25) is 0 Å². The maximum atomic E-state index is 14.2. The number of hydrogen-bond donors (Lipinski definition) is 1. The lowest BCUT2D eigenvalue weighted by Gasteiger charge is -2.23. The average Bonchev–Trinajstić information content (AvgIpc) is 3.58. The number of pyridine rings is 2. The fraction of sp³-hybridized carbons (Fsp3) is 0.179. The van der Waals surface area contributed by atoms with Gasteiger partial charge in [-0.2, -0.15) is 5.10 Å². The van der Waals surface area contributed by atoms with E-state index in [0.717, 1.165) is 16.7 Å². The van der Waals surface area contributed by atoms with E-state index in [4.69, 9.17) is 4.74 Å². The molecule has 12 heteroatoms. The second kappa shape index (κ2) is 10.8. The molecule has 4 aromatic heterocycles. The van der Waals surface area contributed by atoms with Crippen LogP contribution in [0.15, 0.2) is 67.4 Å². The minimum Gasteiger partial charge on any atom is -0.494 e. The number of imidazole rings is 1. The van der Waals surface area contributed by atoms with Gasteiger partial charge in [-0.05, 0) is 42.8 Å². The number of fused-ring (bicyclic) bond motifs is 1. The van der Waals surface area contributed by atoms with E-state index in [1.54, 1.807) is 59.6 Å². The van der Waals surface area contributed by atoms with Crippen molar-refractivity contribution in [3.8, 4) is 17.0 Å². The lowest BCUT2D eigenvalue weighted by Crippen LogP contribution is -2.30. The normalized spacial score (nSPS) is 10.9. The van der Waals surface area contributed by atoms with Crippen LogP contribution in [0.25, 0.3) is 16.9 Å². The molecule has 1 N–H and O–H groups in total. The second-order valence-electron chi connectivity index (χ2n) is 9.03. The molecular weight excluding hydrogens is 517 g/mol. The Morgan fingerprint density at radius 3 is 2.55 bits per heavy atom. The van der Waals surface area contributed by atoms with E-state index in [2.05, 4.69) is 25.1 Å². The monoisotopic (exact) mass is 543 g/mol. The van der Waals surface area contributed by atoms with E-state index < -0.39 is 11.9 Å². The molecule has 0 saturated heterocycles. The van der Waals surface area contributed by atoms with Gasteiger partial charge in [-0.1, -0.05) is 0 Å². The molecule has 5 rings (SSSR count). The summed E-state index contributed by atoms with van der Waals surface area (Å²) in [7, 11) is 4.44. The number of ether oxygens (including phenoxy) is 2. The second-order valence-corrected chi connectivity index (χ2v) is 9.03. The van der Waals surface area contributed by atoms with Gasteiger partial charge in [0.05, 0.1) is 44.4 Å². The maximum Gasteiger partial charge on any atom is 0.412 e. The molecule has 0 aliphatic rings. The van der Waals surface area contributed by atoms with E-state index in [-0.39, 0.29) is 18.2 Å². The highest BCUT2D eigenvalue weighted by molar-refractivity contribution is 6.06. The molecule has 0 fully saturated rings. The smallest absolute Gasteiger partial charge is 0.412 e. The third kappa shape index (κ3) is 5.19. The summed E-state index contributed by atoms with van der Waals surface area (Å²) in [6.45, 7) is 2.07. The molecule has 0 atom stereocenters. The van der Waals surface area contributed by atoms with Crippen molar-refractivity contribution in [1.29, 1.82) is 0 Å². The van der Waals surface area contributed by atoms with Gasteiger partial charge in [0.25, 0.3) is 5.91 Å². The summed E-state index contributed by atoms with van der Waals surface area (Å²) >= 11 is 0. The van der Waals surface area contributed by atoms with Crippen molar-refractivity contribution in [1.82, 2.24) is 24.1 Å². The Morgan fingerprint density at radius 2 is 1.88 bits per heavy atom. The Hall–Kier alpha value is -5.26. The SMILES string of the molecule is COC(=O)Nc1ccc(-c2cnc3c(C)cc(C(=O)N(Cc4cnn(C)c4)c4ccc(F)c(OC)c4)cn23)cn1. The lowest BCUT2D eigenvalue weighted by molar-refractivity contribution is 0.0984. The number of carbonyl (C=O) groups excluding carboxylic acids is 2. The summed E-state index contributed by atoms with van der Waals surface area (Å²) in [5.41, 5.74) is 4.54. The first kappa shape index (κ1) is 26.4. The number of aromatic nitrogens is 5. The van der Waals surface area contributed by atoms with E-state index in [0.29, 0.717) is 28.4 Å². The molecule has 0 spiro atoms. The van der Waals surface area contributed by atoms with Crippen LogP contribution in [-0.2, 0) is 18.3 Å². The van der Waals surface area contributed by atoms with Gasteiger partial charge < -0.3 is 14.4 Å². The van der Waals surface area contributed by atoms with Crippen LogP contribution in [0.3, 0.4) is 0 Å². The first-order chi connectivity index (χ1) is 19.3. The zero-order chi connectivity index (χ0) is 28.4. The Bertz CT molecular complexity index is 1710. The third-order valence-corrected chi connectivity index (χ3v) is 6.30. The number of amides is 2. The highest BCUT2D eigenvalue weighted by atomic mass is 19.1. The van der Waals surface area contributed by atoms with Gasteiger partial charge in [-0.3, -0.25) is 19.2 Å². The van der Waals surface area contributed by atoms with Gasteiger partial charge in [0.15, 0.2) is 11.6 Å². The van der Waals surface area contributed by atoms with E-state index in [9.17, 15) is 14.0 Å². The maximum absolute atomic E-state index is 14.2. The molecule has 5 aromatic rings. The van der Waals surface area contributed by atoms with Crippen LogP contribution >= 0.6 is 0 Å². The lowest BCUT2D eigenvalue weighted by atomic mass is 10.1. The number of benzene rings is 1. The van der Waals surface area contributed by atoms with Crippen LogP contribution < -0.4 is 15.0 Å². The summed E-state index contributed by atoms with van der Waals surface area (Å²) in [6.07, 6.45) is 7.87. The molecule has 0 bridgehead atoms. The summed E-state index contributed by atoms with van der Waals surface area (Å²) < 4.78 is 27.4. The molecule has 40 heavy (non-hydrogen) atoms. The van der Waals surface area contributed by atoms with Gasteiger partial charge in [-0.25, -0.2) is 19.2 Å². The first-order valence-electron chi connectivity index (χ1n) is 12.2. The van der Waals surface area contributed by atoms with Crippen molar-refractivity contribution in [3.63, 3.8) is 0 Å². The summed E-state index contributed by atoms with van der Waals surface area (Å²) in [5.74, 6) is -0.473. The minimum absolute atomic E-state index is 0.0302. The van der Waals surface area contributed by atoms with E-state index in [1.807, 2.05) is 17.5 Å². The Balaban J connectivity index is 1.55. The number of nitrogens with one attached hydrogen (secondary N) is 1. The van der Waals surface area contributed by atoms with Gasteiger partial charge in [0, 0.05) is 48.5 Å². The zero-order valence-electron chi connectivity index (χ0n) is 22.3. The topological polar surface area (TPSA) is 116 Å². The zero-order valence-corrected chi connectivity index (χ0v) is 22.3. The van der Waals surface area contributed by atoms with Crippen molar-refractivity contribution in [2.24, 2.45) is 7.05 Å². The standard InChI is InChI=1S/C28H26FN7O4/c1-17-9-20(16-36-23(13-31-26(17)36)19-5-8-25(30-12-19)33-28(38)40-4)27(37)35(15-18-11-32-34(2)14-18)21-6-7-22(29)24(10-21)39-3/h5-14,16H,15H2,1-4H3,(H,30,33,38). The quantitative estimate of drug-likeness (QED) is 0.319. The summed E-state index contributed by atoms with van der Waals surface area (Å²) in [5, 5.41) is 6.72. The van der Waals surface area contributed by atoms with Crippen molar-refractivity contribution in [2.45, 2.75) is 13.5 Å². The predicted octanol–water partition coefficient (Wildman–Crippen LogP) is 4.61. The summed E-state index contributed by atoms with van der Waals surface area (Å²) in [4.78, 5) is 35.9. The Morgan fingerprint density at radius 1 is 1.05 bits per heavy atom. The van der Waals surface area contributed by atoms with Gasteiger partial charge >= 0.3 is 6.09 Å². The molecule has 204 valence electrons. The van der Waals surface area contributed by atoms with E-state index >= 15 is 0 Å². The van der Waals surface area contributed by atoms with Crippen LogP contribution in [0.4, 0.5) is 20.7 Å². The molecule has 0 radical (unpaired) electrons. The van der Waals surface area contributed by atoms with Crippen LogP contribution in [0.5, 0.6) is 5.75 Å². The van der Waals surface area contributed by atoms with Crippen LogP contribution in [0.1, 0.15) is 21.5 Å². The molecule has 2 amide bonds. The fourth-order valence-electron chi connectivity index (χ4n) is 4.35. The number of carbonyl (C=O) groups is 2. The number of hydrogen-bond acceptors (Lipinski definition) is 7. The molecule has 1 aromatic carbocycles. The third-order valence-electron chi connectivity index (χ3n) is 6.30. The van der Waals surface area contributed by atoms with Crippen LogP contribution in [0, 0.1) is 12.7 Å². The largest absolute Gasteiger partial charge is 0.494 e. The molecule has 0 aliphatic heterocycles. The number of nitrogens with zero attached hydrogens (tertiary/aromatic N) is 6. The molecular formula is C28H26FN7O4. The Labute approximate surface area is 228 Å². The average molecular weight is 544 g/mol. The van der Waals surface area contributed by atoms with Gasteiger partial charge in [0.2, 0.25) is 0 Å². The number of halogens is 1.